The topological polar surface area (TPSA) is 0 Å². The fraction of sp³-hybridized carbons (Fsp3) is 0. The van der Waals surface area contributed by atoms with Crippen LogP contribution in [0.25, 0.3) is 0 Å². The van der Waals surface area contributed by atoms with Gasteiger partial charge in [-0.05, 0) is 18.2 Å². The maximum atomic E-state index is 2.84. The van der Waals surface area contributed by atoms with Crippen LogP contribution in [0.15, 0.2) is 24.3 Å². The van der Waals surface area contributed by atoms with Crippen LogP contribution in [-0.2, 0) is 39.0 Å². The summed E-state index contributed by atoms with van der Waals surface area (Å²) in [4.78, 5) is 0. The van der Waals surface area contributed by atoms with Crippen LogP contribution in [-0.4, -0.2) is 0 Å². The van der Waals surface area contributed by atoms with Gasteiger partial charge in [0.05, 0.1) is 0 Å². The van der Waals surface area contributed by atoms with E-state index in [1.54, 1.807) is 6.08 Å². The monoisotopic (exact) mass is 362 g/mol. The summed E-state index contributed by atoms with van der Waals surface area (Å²) in [6.45, 7) is 0. The minimum atomic E-state index is 0. The maximum absolute atomic E-state index is 2.84. The van der Waals surface area contributed by atoms with E-state index < -0.39 is 0 Å². The second-order valence-electron chi connectivity index (χ2n) is 1.00. The zero-order chi connectivity index (χ0) is 4.24. The normalized spacial score (nSPS) is 8.80. The smallest absolute Gasteiger partial charge is 0 e. The molecule has 10 heavy (non-hydrogen) atoms. The minimum absolute atomic E-state index is 0. The van der Waals surface area contributed by atoms with Gasteiger partial charge in [0, 0.05) is 39.0 Å². The van der Waals surface area contributed by atoms with Crippen LogP contribution < -0.4 is 34.0 Å². The van der Waals surface area contributed by atoms with Crippen molar-refractivity contribution < 1.29 is 72.9 Å². The van der Waals surface area contributed by atoms with Crippen molar-refractivity contribution in [1.29, 1.82) is 0 Å². The van der Waals surface area contributed by atoms with Crippen LogP contribution >= 0.6 is 0 Å². The quantitative estimate of drug-likeness (QED) is 0.299. The summed E-state index contributed by atoms with van der Waals surface area (Å²) < 4.78 is 0. The molecule has 1 aliphatic rings. The molecule has 1 aliphatic carbocycles. The Morgan fingerprint density at radius 2 is 1.70 bits per heavy atom. The number of hydrogen-bond acceptors (Lipinski definition) is 0. The molecule has 0 fully saturated rings. The van der Waals surface area contributed by atoms with Gasteiger partial charge in [-0.15, -0.1) is 6.08 Å². The molecule has 0 nitrogen and oxygen atoms in total. The van der Waals surface area contributed by atoms with Gasteiger partial charge < -0.3 is 34.0 Å². The second-order valence-corrected chi connectivity index (χ2v) is 1.00. The predicted octanol–water partition coefficient (Wildman–Crippen LogP) is -4.72. The van der Waals surface area contributed by atoms with Gasteiger partial charge in [-0.1, -0.05) is 12.2 Å². The van der Waals surface area contributed by atoms with Crippen molar-refractivity contribution in [2.75, 3.05) is 0 Å². The first-order valence-corrected chi connectivity index (χ1v) is 1.82. The maximum Gasteiger partial charge on any atom is 0 e. The van der Waals surface area contributed by atoms with Crippen LogP contribution in [0, 0.1) is 12.2 Å². The molecule has 0 spiro atoms. The molecule has 0 atom stereocenters. The molecule has 1 rings (SSSR count). The third-order valence-corrected chi connectivity index (χ3v) is 0.552. The fourth-order valence-corrected chi connectivity index (χ4v) is 0.304. The summed E-state index contributed by atoms with van der Waals surface area (Å²) in [5, 5.41) is 0. The van der Waals surface area contributed by atoms with E-state index in [2.05, 4.69) is 12.2 Å². The van der Waals surface area contributed by atoms with Crippen LogP contribution in [0.5, 0.6) is 0 Å². The van der Waals surface area contributed by atoms with Crippen LogP contribution in [0.2, 0.25) is 0 Å². The Balaban J connectivity index is -0.0000000450. The first kappa shape index (κ1) is 22.5. The molecule has 0 aromatic carbocycles. The first-order valence-electron chi connectivity index (χ1n) is 1.82. The van der Waals surface area contributed by atoms with Gasteiger partial charge in [0.15, 0.2) is 0 Å². The van der Waals surface area contributed by atoms with Crippen LogP contribution in [0.1, 0.15) is 0 Å². The Morgan fingerprint density at radius 1 is 1.10 bits per heavy atom. The van der Waals surface area contributed by atoms with Gasteiger partial charge in [-0.2, -0.15) is 0 Å². The Labute approximate surface area is 108 Å². The molecule has 0 aromatic rings. The van der Waals surface area contributed by atoms with Crippen molar-refractivity contribution in [3.05, 3.63) is 36.5 Å². The van der Waals surface area contributed by atoms with Gasteiger partial charge in [0.1, 0.15) is 0 Å². The summed E-state index contributed by atoms with van der Waals surface area (Å²) in [5.74, 6) is 0. The molecule has 4 heteroatoms. The molecule has 0 unspecified atom stereocenters. The molecule has 0 bridgehead atoms. The summed E-state index contributed by atoms with van der Waals surface area (Å²) in [5.41, 5.74) is 0. The SMILES string of the molecule is [Br-].[Br-].[C+]1=CC=C[C-]=C1.[Zn].[Zn]. The van der Waals surface area contributed by atoms with Gasteiger partial charge in [0.2, 0.25) is 0 Å². The van der Waals surface area contributed by atoms with E-state index >= 15 is 0 Å². The molecule has 0 heterocycles. The average Bonchev–Trinajstić information content (AvgIpc) is 1.72. The van der Waals surface area contributed by atoms with Crippen LogP contribution in [0.4, 0.5) is 0 Å². The van der Waals surface area contributed by atoms with Crippen molar-refractivity contribution in [3.8, 4) is 0 Å². The van der Waals surface area contributed by atoms with E-state index in [4.69, 9.17) is 0 Å². The summed E-state index contributed by atoms with van der Waals surface area (Å²) in [7, 11) is 0. The Hall–Kier alpha value is 1.34. The second kappa shape index (κ2) is 16.7. The van der Waals surface area contributed by atoms with Crippen molar-refractivity contribution in [1.82, 2.24) is 0 Å². The van der Waals surface area contributed by atoms with Crippen molar-refractivity contribution >= 4 is 0 Å². The summed E-state index contributed by atoms with van der Waals surface area (Å²) in [6.07, 6.45) is 13.0. The van der Waals surface area contributed by atoms with E-state index in [1.165, 1.54) is 0 Å². The molecular weight excluding hydrogens is 363 g/mol. The molecule has 0 radical (unpaired) electrons. The van der Waals surface area contributed by atoms with E-state index in [0.717, 1.165) is 0 Å². The molecule has 0 amide bonds. The molecule has 0 aromatic heterocycles. The standard InChI is InChI=1S/C6H4.2BrH.2Zn/c1-2-4-6-5-3-1;;;;/h1-3,6H;2*1H;;/p-2. The van der Waals surface area contributed by atoms with E-state index in [0.29, 0.717) is 0 Å². The third kappa shape index (κ3) is 12.1. The zero-order valence-corrected chi connectivity index (χ0v) is 14.6. The molecule has 0 N–H and O–H groups in total. The minimum Gasteiger partial charge on any atom is -1.00 e. The third-order valence-electron chi connectivity index (χ3n) is 0.552. The molecule has 0 saturated heterocycles. The Bertz CT molecular complexity index is 83.1. The van der Waals surface area contributed by atoms with Gasteiger partial charge in [-0.3, -0.25) is 0 Å². The predicted molar refractivity (Wildman–Crippen MR) is 24.8 cm³/mol. The van der Waals surface area contributed by atoms with Gasteiger partial charge >= 0.3 is 0 Å². The van der Waals surface area contributed by atoms with Crippen molar-refractivity contribution in [2.45, 2.75) is 0 Å². The summed E-state index contributed by atoms with van der Waals surface area (Å²) >= 11 is 0. The number of allylic oxidation sites excluding steroid dienone is 6. The van der Waals surface area contributed by atoms with Crippen molar-refractivity contribution in [2.24, 2.45) is 0 Å². The van der Waals surface area contributed by atoms with E-state index in [-0.39, 0.29) is 72.9 Å². The Morgan fingerprint density at radius 3 is 1.80 bits per heavy atom. The summed E-state index contributed by atoms with van der Waals surface area (Å²) in [6, 6.07) is 0. The molecule has 48 valence electrons. The largest absolute Gasteiger partial charge is 1.00 e. The number of halogens is 2. The van der Waals surface area contributed by atoms with Crippen LogP contribution in [0.3, 0.4) is 0 Å². The first-order chi connectivity index (χ1) is 3.00. The fourth-order valence-electron chi connectivity index (χ4n) is 0.304. The van der Waals surface area contributed by atoms with E-state index in [1.807, 2.05) is 18.2 Å². The van der Waals surface area contributed by atoms with Crippen molar-refractivity contribution in [3.63, 3.8) is 0 Å². The molecule has 0 aliphatic heterocycles. The molecular formula is C6H4Br2Zn2-2. The zero-order valence-electron chi connectivity index (χ0n) is 5.48. The average molecular weight is 367 g/mol. The Kier molecular flexibility index (Phi) is 37.7. The van der Waals surface area contributed by atoms with Gasteiger partial charge in [0.25, 0.3) is 0 Å². The number of rotatable bonds is 0. The molecule has 0 saturated carbocycles. The number of hydrogen-bond donors (Lipinski definition) is 0. The van der Waals surface area contributed by atoms with Gasteiger partial charge in [-0.25, -0.2) is 0 Å². The van der Waals surface area contributed by atoms with E-state index in [9.17, 15) is 0 Å².